The number of ether oxygens (including phenoxy) is 1. The van der Waals surface area contributed by atoms with Gasteiger partial charge in [0.1, 0.15) is 5.75 Å². The van der Waals surface area contributed by atoms with Gasteiger partial charge in [-0.25, -0.2) is 4.99 Å². The largest absolute Gasteiger partial charge is 0.497 e. The minimum Gasteiger partial charge on any atom is -0.497 e. The summed E-state index contributed by atoms with van der Waals surface area (Å²) in [4.78, 5) is 24.2. The van der Waals surface area contributed by atoms with Crippen LogP contribution in [0.2, 0.25) is 0 Å². The Morgan fingerprint density at radius 2 is 1.92 bits per heavy atom. The fraction of sp³-hybridized carbons (Fsp3) is 0.241. The molecule has 5 rings (SSSR count). The predicted octanol–water partition coefficient (Wildman–Crippen LogP) is 6.71. The summed E-state index contributed by atoms with van der Waals surface area (Å²) in [5.74, 6) is 0.762. The summed E-state index contributed by atoms with van der Waals surface area (Å²) in [6, 6.07) is 18.3. The molecule has 0 unspecified atom stereocenters. The van der Waals surface area contributed by atoms with Crippen LogP contribution in [0.25, 0.3) is 17.0 Å². The van der Waals surface area contributed by atoms with Crippen molar-refractivity contribution >= 4 is 45.5 Å². The lowest BCUT2D eigenvalue weighted by molar-refractivity contribution is -0.122. The van der Waals surface area contributed by atoms with Crippen LogP contribution in [0.3, 0.4) is 0 Å². The number of benzene rings is 2. The number of aryl methyl sites for hydroxylation is 1. The van der Waals surface area contributed by atoms with Crippen LogP contribution >= 0.6 is 11.8 Å². The van der Waals surface area contributed by atoms with Gasteiger partial charge in [0.05, 0.1) is 17.7 Å². The first-order valence-electron chi connectivity index (χ1n) is 12.1. The first kappa shape index (κ1) is 24.0. The van der Waals surface area contributed by atoms with Gasteiger partial charge in [-0.15, -0.1) is 0 Å². The number of aliphatic imine (C=N–C) groups is 1. The van der Waals surface area contributed by atoms with Gasteiger partial charge >= 0.3 is 0 Å². The van der Waals surface area contributed by atoms with E-state index in [-0.39, 0.29) is 5.91 Å². The van der Waals surface area contributed by atoms with E-state index in [2.05, 4.69) is 54.7 Å². The van der Waals surface area contributed by atoms with E-state index in [0.717, 1.165) is 28.9 Å². The molecule has 0 aliphatic carbocycles. The molecule has 6 nitrogen and oxygen atoms in total. The average molecular weight is 499 g/mol. The molecule has 36 heavy (non-hydrogen) atoms. The molecule has 1 N–H and O–H groups in total. The molecule has 1 amide bonds. The number of amides is 1. The molecular formula is C29H30N4O2S. The molecule has 0 atom stereocenters. The molecule has 184 valence electrons. The number of aromatic amines is 1. The number of aromatic nitrogens is 2. The van der Waals surface area contributed by atoms with Gasteiger partial charge in [-0.1, -0.05) is 18.2 Å². The SMILES string of the molecule is COc1ccc(N=C2S/C(=C/c3cc(C)n(C(C)C)c3)C(=O)N2CCc2c[nH]c3ccccc23)cc1. The summed E-state index contributed by atoms with van der Waals surface area (Å²) >= 11 is 1.43. The quantitative estimate of drug-likeness (QED) is 0.288. The van der Waals surface area contributed by atoms with E-state index in [9.17, 15) is 4.79 Å². The zero-order valence-electron chi connectivity index (χ0n) is 21.0. The van der Waals surface area contributed by atoms with Crippen molar-refractivity contribution in [3.05, 3.63) is 88.7 Å². The lowest BCUT2D eigenvalue weighted by Gasteiger charge is -2.15. The number of hydrogen-bond acceptors (Lipinski definition) is 4. The number of methoxy groups -OCH3 is 1. The highest BCUT2D eigenvalue weighted by Crippen LogP contribution is 2.35. The first-order valence-corrected chi connectivity index (χ1v) is 12.9. The van der Waals surface area contributed by atoms with E-state index in [1.165, 1.54) is 28.4 Å². The Morgan fingerprint density at radius 3 is 2.64 bits per heavy atom. The fourth-order valence-electron chi connectivity index (χ4n) is 4.53. The number of nitrogens with zero attached hydrogens (tertiary/aromatic N) is 3. The summed E-state index contributed by atoms with van der Waals surface area (Å²) in [5, 5.41) is 1.88. The van der Waals surface area contributed by atoms with Crippen molar-refractivity contribution in [2.75, 3.05) is 13.7 Å². The summed E-state index contributed by atoms with van der Waals surface area (Å²) in [7, 11) is 1.64. The standard InChI is InChI=1S/C29H30N4O2S/c1-19(2)33-18-21(15-20(33)3)16-27-28(34)32(14-13-22-17-30-26-8-6-5-7-25(22)26)29(36-27)31-23-9-11-24(35-4)12-10-23/h5-12,15-19,30H,13-14H2,1-4H3/b27-16+,31-29?. The second kappa shape index (κ2) is 10.1. The molecule has 1 fully saturated rings. The molecule has 0 spiro atoms. The lowest BCUT2D eigenvalue weighted by Crippen LogP contribution is -2.31. The van der Waals surface area contributed by atoms with Crippen molar-refractivity contribution in [2.24, 2.45) is 4.99 Å². The Balaban J connectivity index is 1.45. The van der Waals surface area contributed by atoms with Crippen LogP contribution in [0, 0.1) is 6.92 Å². The second-order valence-corrected chi connectivity index (χ2v) is 10.2. The average Bonchev–Trinajstić information content (AvgIpc) is 3.54. The number of rotatable bonds is 7. The smallest absolute Gasteiger partial charge is 0.266 e. The zero-order valence-corrected chi connectivity index (χ0v) is 21.8. The molecule has 2 aromatic heterocycles. The number of carbonyl (C=O) groups excluding carboxylic acids is 1. The normalized spacial score (nSPS) is 16.2. The molecule has 2 aromatic carbocycles. The van der Waals surface area contributed by atoms with Gasteiger partial charge in [0.15, 0.2) is 5.17 Å². The van der Waals surface area contributed by atoms with Gasteiger partial charge in [0.25, 0.3) is 5.91 Å². The minimum absolute atomic E-state index is 0.0120. The maximum atomic E-state index is 13.6. The van der Waals surface area contributed by atoms with Crippen molar-refractivity contribution in [1.29, 1.82) is 0 Å². The summed E-state index contributed by atoms with van der Waals surface area (Å²) in [5.41, 5.74) is 5.28. The number of hydrogen-bond donors (Lipinski definition) is 1. The van der Waals surface area contributed by atoms with Crippen molar-refractivity contribution in [2.45, 2.75) is 33.2 Å². The van der Waals surface area contributed by atoms with Gasteiger partial charge in [0, 0.05) is 41.6 Å². The highest BCUT2D eigenvalue weighted by Gasteiger charge is 2.33. The molecule has 1 saturated heterocycles. The van der Waals surface area contributed by atoms with Crippen molar-refractivity contribution in [1.82, 2.24) is 14.5 Å². The maximum Gasteiger partial charge on any atom is 0.266 e. The van der Waals surface area contributed by atoms with Crippen LogP contribution in [0.4, 0.5) is 5.69 Å². The Kier molecular flexibility index (Phi) is 6.74. The monoisotopic (exact) mass is 498 g/mol. The molecule has 0 saturated carbocycles. The summed E-state index contributed by atoms with van der Waals surface area (Å²) in [6.07, 6.45) is 6.85. The van der Waals surface area contributed by atoms with Gasteiger partial charge < -0.3 is 14.3 Å². The summed E-state index contributed by atoms with van der Waals surface area (Å²) < 4.78 is 7.49. The Bertz CT molecular complexity index is 1460. The van der Waals surface area contributed by atoms with E-state index in [0.29, 0.717) is 22.7 Å². The van der Waals surface area contributed by atoms with Crippen molar-refractivity contribution in [3.8, 4) is 5.75 Å². The van der Waals surface area contributed by atoms with Crippen LogP contribution in [-0.2, 0) is 11.2 Å². The third kappa shape index (κ3) is 4.84. The molecule has 0 radical (unpaired) electrons. The second-order valence-electron chi connectivity index (χ2n) is 9.19. The van der Waals surface area contributed by atoms with E-state index in [1.54, 1.807) is 12.0 Å². The number of carbonyl (C=O) groups is 1. The van der Waals surface area contributed by atoms with Gasteiger partial charge in [-0.05, 0) is 92.6 Å². The number of fused-ring (bicyclic) bond motifs is 1. The van der Waals surface area contributed by atoms with E-state index < -0.39 is 0 Å². The Hall–Kier alpha value is -3.71. The first-order chi connectivity index (χ1) is 17.4. The molecular weight excluding hydrogens is 468 g/mol. The van der Waals surface area contributed by atoms with Gasteiger partial charge in [-0.2, -0.15) is 0 Å². The third-order valence-corrected chi connectivity index (χ3v) is 7.40. The van der Waals surface area contributed by atoms with Crippen LogP contribution in [0.15, 0.2) is 76.9 Å². The lowest BCUT2D eigenvalue weighted by atomic mass is 10.1. The highest BCUT2D eigenvalue weighted by atomic mass is 32.2. The maximum absolute atomic E-state index is 13.6. The molecule has 3 heterocycles. The van der Waals surface area contributed by atoms with Gasteiger partial charge in [0.2, 0.25) is 0 Å². The highest BCUT2D eigenvalue weighted by molar-refractivity contribution is 8.18. The van der Waals surface area contributed by atoms with Crippen molar-refractivity contribution in [3.63, 3.8) is 0 Å². The van der Waals surface area contributed by atoms with Crippen LogP contribution in [0.1, 0.15) is 36.7 Å². The van der Waals surface area contributed by atoms with Crippen LogP contribution in [-0.4, -0.2) is 39.2 Å². The zero-order chi connectivity index (χ0) is 25.2. The van der Waals surface area contributed by atoms with Crippen LogP contribution < -0.4 is 4.74 Å². The number of thioether (sulfide) groups is 1. The molecule has 1 aliphatic heterocycles. The molecule has 0 bridgehead atoms. The Morgan fingerprint density at radius 1 is 1.14 bits per heavy atom. The predicted molar refractivity (Wildman–Crippen MR) is 149 cm³/mol. The van der Waals surface area contributed by atoms with E-state index in [1.807, 2.05) is 48.7 Å². The molecule has 4 aromatic rings. The molecule has 1 aliphatic rings. The third-order valence-electron chi connectivity index (χ3n) is 6.39. The molecule has 7 heteroatoms. The number of H-pyrrole nitrogens is 1. The van der Waals surface area contributed by atoms with Crippen molar-refractivity contribution < 1.29 is 9.53 Å². The topological polar surface area (TPSA) is 62.6 Å². The number of nitrogens with one attached hydrogen (secondary N) is 1. The van der Waals surface area contributed by atoms with E-state index >= 15 is 0 Å². The number of para-hydroxylation sites is 1. The Labute approximate surface area is 215 Å². The minimum atomic E-state index is -0.0120. The van der Waals surface area contributed by atoms with Gasteiger partial charge in [-0.3, -0.25) is 9.69 Å². The van der Waals surface area contributed by atoms with E-state index in [4.69, 9.17) is 9.73 Å². The summed E-state index contributed by atoms with van der Waals surface area (Å²) in [6.45, 7) is 6.96. The van der Waals surface area contributed by atoms with Crippen LogP contribution in [0.5, 0.6) is 5.75 Å². The number of amidine groups is 1. The fourth-order valence-corrected chi connectivity index (χ4v) is 5.55.